The molecule has 2 fully saturated rings. The fourth-order valence-electron chi connectivity index (χ4n) is 4.56. The number of rotatable bonds is 9. The molecule has 1 aromatic carbocycles. The molecular weight excluding hydrogens is 486 g/mol. The van der Waals surface area contributed by atoms with Crippen LogP contribution in [0.2, 0.25) is 0 Å². The van der Waals surface area contributed by atoms with Crippen LogP contribution in [-0.4, -0.2) is 72.2 Å². The smallest absolute Gasteiger partial charge is 0.356 e. The molecule has 3 rings (SSSR count). The molecule has 1 aromatic rings. The van der Waals surface area contributed by atoms with E-state index < -0.39 is 54.2 Å². The summed E-state index contributed by atoms with van der Waals surface area (Å²) in [6, 6.07) is 6.39. The molecular formula is C24H29F4N3O5. The molecule has 2 aliphatic rings. The highest BCUT2D eigenvalue weighted by molar-refractivity contribution is 5.95. The Balaban J connectivity index is 1.81. The van der Waals surface area contributed by atoms with Gasteiger partial charge in [-0.1, -0.05) is 30.3 Å². The maximum absolute atomic E-state index is 14.6. The number of carbonyl (C=O) groups is 4. The number of amides is 3. The molecule has 0 aliphatic carbocycles. The summed E-state index contributed by atoms with van der Waals surface area (Å²) in [6.45, 7) is 1.18. The second-order valence-electron chi connectivity index (χ2n) is 9.56. The first kappa shape index (κ1) is 27.6. The summed E-state index contributed by atoms with van der Waals surface area (Å²) in [6.07, 6.45) is -4.81. The lowest BCUT2D eigenvalue weighted by atomic mass is 9.94. The Labute approximate surface area is 205 Å². The Morgan fingerprint density at radius 1 is 1.17 bits per heavy atom. The number of benzene rings is 1. The minimum atomic E-state index is -5.06. The van der Waals surface area contributed by atoms with Gasteiger partial charge in [-0.25, -0.2) is 4.39 Å². The van der Waals surface area contributed by atoms with Crippen LogP contribution >= 0.6 is 0 Å². The molecule has 8 nitrogen and oxygen atoms in total. The first-order chi connectivity index (χ1) is 16.8. The average Bonchev–Trinajstić information content (AvgIpc) is 3.42. The second kappa shape index (κ2) is 10.9. The summed E-state index contributed by atoms with van der Waals surface area (Å²) in [5.41, 5.74) is -1.45. The van der Waals surface area contributed by atoms with Gasteiger partial charge >= 0.3 is 6.36 Å². The van der Waals surface area contributed by atoms with E-state index in [1.807, 2.05) is 12.1 Å². The third kappa shape index (κ3) is 7.02. The lowest BCUT2D eigenvalue weighted by molar-refractivity contribution is -0.321. The van der Waals surface area contributed by atoms with Crippen molar-refractivity contribution in [1.82, 2.24) is 15.5 Å². The van der Waals surface area contributed by atoms with Crippen molar-refractivity contribution in [3.63, 3.8) is 0 Å². The number of carbonyl (C=O) groups excluding carboxylic acids is 4. The summed E-state index contributed by atoms with van der Waals surface area (Å²) < 4.78 is 55.7. The Morgan fingerprint density at radius 3 is 2.39 bits per heavy atom. The van der Waals surface area contributed by atoms with Crippen LogP contribution in [-0.2, 0) is 23.9 Å². The number of ketones is 1. The van der Waals surface area contributed by atoms with Gasteiger partial charge in [-0.15, -0.1) is 13.2 Å². The molecule has 0 unspecified atom stereocenters. The topological polar surface area (TPSA) is 105 Å². The Morgan fingerprint density at radius 2 is 1.83 bits per heavy atom. The largest absolute Gasteiger partial charge is 0.522 e. The van der Waals surface area contributed by atoms with Crippen LogP contribution < -0.4 is 10.6 Å². The molecule has 12 heteroatoms. The van der Waals surface area contributed by atoms with E-state index in [1.165, 1.54) is 0 Å². The predicted octanol–water partition coefficient (Wildman–Crippen LogP) is 2.24. The third-order valence-electron chi connectivity index (χ3n) is 6.41. The average molecular weight is 516 g/mol. The van der Waals surface area contributed by atoms with Gasteiger partial charge in [-0.3, -0.25) is 23.9 Å². The quantitative estimate of drug-likeness (QED) is 0.491. The molecule has 0 bridgehead atoms. The van der Waals surface area contributed by atoms with Crippen LogP contribution in [0.5, 0.6) is 0 Å². The van der Waals surface area contributed by atoms with Gasteiger partial charge in [-0.2, -0.15) is 0 Å². The van der Waals surface area contributed by atoms with E-state index in [0.717, 1.165) is 24.3 Å². The summed E-state index contributed by atoms with van der Waals surface area (Å²) in [7, 11) is 0. The van der Waals surface area contributed by atoms with E-state index in [0.29, 0.717) is 13.0 Å². The van der Waals surface area contributed by atoms with Crippen molar-refractivity contribution in [2.24, 2.45) is 5.92 Å². The predicted molar refractivity (Wildman–Crippen MR) is 119 cm³/mol. The summed E-state index contributed by atoms with van der Waals surface area (Å²) in [5, 5.41) is 4.99. The summed E-state index contributed by atoms with van der Waals surface area (Å²) in [5.74, 6) is -4.15. The van der Waals surface area contributed by atoms with Crippen molar-refractivity contribution in [2.45, 2.75) is 63.1 Å². The van der Waals surface area contributed by atoms with Gasteiger partial charge in [0.2, 0.25) is 11.8 Å². The van der Waals surface area contributed by atoms with Gasteiger partial charge in [0.05, 0.1) is 6.04 Å². The van der Waals surface area contributed by atoms with Crippen molar-refractivity contribution >= 4 is 23.5 Å². The number of alkyl halides is 4. The van der Waals surface area contributed by atoms with Crippen LogP contribution in [0.4, 0.5) is 17.6 Å². The van der Waals surface area contributed by atoms with E-state index in [9.17, 15) is 36.7 Å². The fraction of sp³-hybridized carbons (Fsp3) is 0.583. The number of nitrogens with zero attached hydrogens (tertiary/aromatic N) is 1. The first-order valence-corrected chi connectivity index (χ1v) is 11.6. The van der Waals surface area contributed by atoms with Crippen molar-refractivity contribution in [2.75, 3.05) is 19.7 Å². The molecule has 0 radical (unpaired) electrons. The zero-order chi connectivity index (χ0) is 26.7. The number of nitrogens with one attached hydrogen (secondary N) is 2. The van der Waals surface area contributed by atoms with Gasteiger partial charge in [0.1, 0.15) is 12.6 Å². The molecule has 3 amide bonds. The van der Waals surface area contributed by atoms with E-state index in [2.05, 4.69) is 15.4 Å². The van der Waals surface area contributed by atoms with Crippen LogP contribution in [0.3, 0.4) is 0 Å². The number of likely N-dealkylation sites (tertiary alicyclic amines) is 1. The standard InChI is InChI=1S/C24H29F4N3O5/c1-23(2,25)22(35)31-12-16(14-6-4-3-5-7-14)11-18(31)21(34)30-17(10-15-8-9-29-20(15)33)19(32)13-36-24(26,27)28/h3-7,15-18H,8-13H2,1-2H3,(H,29,33)(H,30,34)/t15-,16+,17-,18-/m0/s1. The van der Waals surface area contributed by atoms with Crippen molar-refractivity contribution in [3.05, 3.63) is 35.9 Å². The zero-order valence-electron chi connectivity index (χ0n) is 19.9. The maximum atomic E-state index is 14.6. The van der Waals surface area contributed by atoms with Gasteiger partial charge in [0.25, 0.3) is 5.91 Å². The number of Topliss-reactive ketones (excluding diaryl/α,β-unsaturated/α-hetero) is 1. The Hall–Kier alpha value is -3.02. The highest BCUT2D eigenvalue weighted by Gasteiger charge is 2.46. The summed E-state index contributed by atoms with van der Waals surface area (Å²) >= 11 is 0. The lowest BCUT2D eigenvalue weighted by Crippen LogP contribution is -2.54. The van der Waals surface area contributed by atoms with Crippen molar-refractivity contribution in [1.29, 1.82) is 0 Å². The normalized spacial score (nSPS) is 23.3. The molecule has 2 saturated heterocycles. The minimum Gasteiger partial charge on any atom is -0.356 e. The molecule has 2 heterocycles. The third-order valence-corrected chi connectivity index (χ3v) is 6.41. The number of ether oxygens (including phenoxy) is 1. The molecule has 0 spiro atoms. The minimum absolute atomic E-state index is 0.0507. The molecule has 0 saturated carbocycles. The highest BCUT2D eigenvalue weighted by Crippen LogP contribution is 2.34. The van der Waals surface area contributed by atoms with Crippen LogP contribution in [0.25, 0.3) is 0 Å². The molecule has 36 heavy (non-hydrogen) atoms. The zero-order valence-corrected chi connectivity index (χ0v) is 19.9. The molecule has 0 aromatic heterocycles. The van der Waals surface area contributed by atoms with Gasteiger partial charge in [0.15, 0.2) is 11.5 Å². The van der Waals surface area contributed by atoms with Crippen LogP contribution in [0.15, 0.2) is 30.3 Å². The highest BCUT2D eigenvalue weighted by atomic mass is 19.4. The number of halogens is 4. The Kier molecular flexibility index (Phi) is 8.37. The lowest BCUT2D eigenvalue weighted by Gasteiger charge is -2.29. The summed E-state index contributed by atoms with van der Waals surface area (Å²) in [4.78, 5) is 51.8. The fourth-order valence-corrected chi connectivity index (χ4v) is 4.56. The van der Waals surface area contributed by atoms with Gasteiger partial charge in [0, 0.05) is 24.9 Å². The van der Waals surface area contributed by atoms with Crippen LogP contribution in [0, 0.1) is 5.92 Å². The monoisotopic (exact) mass is 515 g/mol. The van der Waals surface area contributed by atoms with Gasteiger partial charge in [-0.05, 0) is 38.7 Å². The molecule has 2 N–H and O–H groups in total. The van der Waals surface area contributed by atoms with Crippen molar-refractivity contribution < 1.29 is 41.5 Å². The Bertz CT molecular complexity index is 980. The molecule has 2 aliphatic heterocycles. The van der Waals surface area contributed by atoms with Crippen LogP contribution in [0.1, 0.15) is 44.6 Å². The van der Waals surface area contributed by atoms with Crippen molar-refractivity contribution in [3.8, 4) is 0 Å². The van der Waals surface area contributed by atoms with E-state index in [1.54, 1.807) is 18.2 Å². The second-order valence-corrected chi connectivity index (χ2v) is 9.56. The van der Waals surface area contributed by atoms with E-state index in [4.69, 9.17) is 0 Å². The number of hydrogen-bond donors (Lipinski definition) is 2. The van der Waals surface area contributed by atoms with E-state index in [-0.39, 0.29) is 31.2 Å². The van der Waals surface area contributed by atoms with E-state index >= 15 is 0 Å². The first-order valence-electron chi connectivity index (χ1n) is 11.6. The maximum Gasteiger partial charge on any atom is 0.522 e. The number of hydrogen-bond acceptors (Lipinski definition) is 5. The SMILES string of the molecule is CC(C)(F)C(=O)N1C[C@H](c2ccccc2)C[C@H]1C(=O)N[C@@H](C[C@@H]1CCNC1=O)C(=O)COC(F)(F)F. The molecule has 4 atom stereocenters. The molecule has 198 valence electrons. The van der Waals surface area contributed by atoms with Gasteiger partial charge < -0.3 is 15.5 Å².